The molecule has 1 amide bonds. The van der Waals surface area contributed by atoms with E-state index in [-0.39, 0.29) is 5.91 Å². The molecule has 0 radical (unpaired) electrons. The summed E-state index contributed by atoms with van der Waals surface area (Å²) in [5.74, 6) is 1.14. The maximum absolute atomic E-state index is 12.3. The van der Waals surface area contributed by atoms with Crippen molar-refractivity contribution in [3.63, 3.8) is 0 Å². The molecule has 2 aromatic carbocycles. The van der Waals surface area contributed by atoms with Crippen LogP contribution < -0.4 is 10.6 Å². The second-order valence-electron chi connectivity index (χ2n) is 11.4. The monoisotopic (exact) mass is 556 g/mol. The van der Waals surface area contributed by atoms with E-state index >= 15 is 0 Å². The number of benzene rings is 2. The zero-order chi connectivity index (χ0) is 28.3. The molecule has 0 fully saturated rings. The van der Waals surface area contributed by atoms with Gasteiger partial charge in [0.15, 0.2) is 11.6 Å². The summed E-state index contributed by atoms with van der Waals surface area (Å²) in [7, 11) is 2.59. The van der Waals surface area contributed by atoms with Gasteiger partial charge >= 0.3 is 0 Å². The van der Waals surface area contributed by atoms with Crippen LogP contribution in [0.3, 0.4) is 0 Å². The first-order chi connectivity index (χ1) is 19.1. The molecule has 5 rings (SSSR count). The van der Waals surface area contributed by atoms with Crippen LogP contribution in [0.5, 0.6) is 0 Å². The van der Waals surface area contributed by atoms with Crippen molar-refractivity contribution in [1.82, 2.24) is 29.3 Å². The summed E-state index contributed by atoms with van der Waals surface area (Å²) in [6.07, 6.45) is 3.75. The summed E-state index contributed by atoms with van der Waals surface area (Å²) >= 11 is 0. The number of nitrogens with one attached hydrogen (secondary N) is 2. The molecule has 5 aromatic rings. The number of likely N-dealkylation sites (N-methyl/N-ethyl adjacent to an activating group) is 1. The molecule has 208 valence electrons. The molecule has 3 aromatic heterocycles. The van der Waals surface area contributed by atoms with E-state index in [1.54, 1.807) is 4.52 Å². The Morgan fingerprint density at radius 3 is 2.67 bits per heavy atom. The lowest BCUT2D eigenvalue weighted by Crippen LogP contribution is -2.27. The third kappa shape index (κ3) is 6.73. The first-order valence-electron chi connectivity index (χ1n) is 13.4. The molecular formula is C29H36N8O2Si. The average Bonchev–Trinajstić information content (AvgIpc) is 3.52. The Morgan fingerprint density at radius 2 is 1.88 bits per heavy atom. The molecule has 0 unspecified atom stereocenters. The first kappa shape index (κ1) is 27.5. The van der Waals surface area contributed by atoms with Gasteiger partial charge in [-0.1, -0.05) is 31.8 Å². The number of carbonyl (C=O) groups excluding carboxylic acids is 1. The van der Waals surface area contributed by atoms with Crippen molar-refractivity contribution >= 4 is 47.6 Å². The van der Waals surface area contributed by atoms with E-state index in [1.807, 2.05) is 84.6 Å². The van der Waals surface area contributed by atoms with Gasteiger partial charge in [0, 0.05) is 43.2 Å². The minimum atomic E-state index is -1.13. The first-order valence-corrected chi connectivity index (χ1v) is 17.1. The van der Waals surface area contributed by atoms with E-state index in [9.17, 15) is 4.79 Å². The number of aromatic nitrogens is 5. The Hall–Kier alpha value is -4.06. The van der Waals surface area contributed by atoms with Crippen molar-refractivity contribution < 1.29 is 9.53 Å². The Bertz CT molecular complexity index is 1640. The molecule has 40 heavy (non-hydrogen) atoms. The van der Waals surface area contributed by atoms with Crippen molar-refractivity contribution in [2.75, 3.05) is 37.9 Å². The van der Waals surface area contributed by atoms with Gasteiger partial charge in [-0.25, -0.2) is 14.2 Å². The molecule has 11 heteroatoms. The summed E-state index contributed by atoms with van der Waals surface area (Å²) in [5.41, 5.74) is 4.26. The predicted octanol–water partition coefficient (Wildman–Crippen LogP) is 5.30. The van der Waals surface area contributed by atoms with Gasteiger partial charge in [-0.3, -0.25) is 4.79 Å². The standard InChI is InChI=1S/C29H36N8O2Si/c1-35(2)19-27(38)31-23-9-6-8-21(16-23)28-33-29(26-10-7-13-36(26)34-28)32-24-11-12-25-22(17-24)18-30-37(25)20-39-14-15-40(3,4)5/h6-13,16-18H,14-15,19-20H2,1-5H3,(H,31,38)(H,32,33,34). The SMILES string of the molecule is CN(C)CC(=O)Nc1cccc(-c2nc(Nc3ccc4c(cnn4COCC[Si](C)(C)C)c3)c3cccn3n2)c1. The normalized spacial score (nSPS) is 11.9. The van der Waals surface area contributed by atoms with Crippen LogP contribution in [0, 0.1) is 0 Å². The highest BCUT2D eigenvalue weighted by Gasteiger charge is 2.14. The van der Waals surface area contributed by atoms with E-state index in [1.165, 1.54) is 0 Å². The van der Waals surface area contributed by atoms with Crippen LogP contribution in [0.2, 0.25) is 25.7 Å². The van der Waals surface area contributed by atoms with E-state index in [0.717, 1.165) is 40.3 Å². The molecule has 10 nitrogen and oxygen atoms in total. The van der Waals surface area contributed by atoms with E-state index in [4.69, 9.17) is 14.8 Å². The molecule has 0 aliphatic carbocycles. The molecule has 3 heterocycles. The minimum Gasteiger partial charge on any atom is -0.360 e. The number of hydrogen-bond acceptors (Lipinski definition) is 7. The lowest BCUT2D eigenvalue weighted by atomic mass is 10.2. The molecule has 2 N–H and O–H groups in total. The van der Waals surface area contributed by atoms with Gasteiger partial charge in [0.2, 0.25) is 5.91 Å². The fourth-order valence-corrected chi connectivity index (χ4v) is 5.06. The lowest BCUT2D eigenvalue weighted by Gasteiger charge is -2.15. The Kier molecular flexibility index (Phi) is 7.96. The van der Waals surface area contributed by atoms with Crippen molar-refractivity contribution in [1.29, 1.82) is 0 Å². The highest BCUT2D eigenvalue weighted by atomic mass is 28.3. The highest BCUT2D eigenvalue weighted by molar-refractivity contribution is 6.76. The highest BCUT2D eigenvalue weighted by Crippen LogP contribution is 2.27. The maximum Gasteiger partial charge on any atom is 0.238 e. The Balaban J connectivity index is 1.36. The summed E-state index contributed by atoms with van der Waals surface area (Å²) in [5, 5.41) is 16.7. The maximum atomic E-state index is 12.3. The van der Waals surface area contributed by atoms with Gasteiger partial charge in [0.25, 0.3) is 0 Å². The third-order valence-corrected chi connectivity index (χ3v) is 8.07. The zero-order valence-electron chi connectivity index (χ0n) is 23.7. The number of nitrogens with zero attached hydrogens (tertiary/aromatic N) is 6. The molecule has 0 aliphatic heterocycles. The third-order valence-electron chi connectivity index (χ3n) is 6.37. The summed E-state index contributed by atoms with van der Waals surface area (Å²) in [6.45, 7) is 8.54. The van der Waals surface area contributed by atoms with Gasteiger partial charge in [-0.2, -0.15) is 5.10 Å². The van der Waals surface area contributed by atoms with Crippen molar-refractivity contribution in [3.8, 4) is 11.4 Å². The molecule has 0 bridgehead atoms. The fraction of sp³-hybridized carbons (Fsp3) is 0.310. The average molecular weight is 557 g/mol. The topological polar surface area (TPSA) is 102 Å². The smallest absolute Gasteiger partial charge is 0.238 e. The van der Waals surface area contributed by atoms with Crippen molar-refractivity contribution in [3.05, 3.63) is 67.0 Å². The molecule has 0 spiro atoms. The second-order valence-corrected chi connectivity index (χ2v) is 17.0. The summed E-state index contributed by atoms with van der Waals surface area (Å²) < 4.78 is 9.60. The number of rotatable bonds is 11. The lowest BCUT2D eigenvalue weighted by molar-refractivity contribution is -0.116. The quantitative estimate of drug-likeness (QED) is 0.168. The number of ether oxygens (including phenoxy) is 1. The van der Waals surface area contributed by atoms with Gasteiger partial charge in [0.05, 0.1) is 18.3 Å². The summed E-state index contributed by atoms with van der Waals surface area (Å²) in [6, 6.07) is 18.7. The molecule has 0 aliphatic rings. The van der Waals surface area contributed by atoms with Gasteiger partial charge < -0.3 is 20.3 Å². The summed E-state index contributed by atoms with van der Waals surface area (Å²) in [4.78, 5) is 18.9. The fourth-order valence-electron chi connectivity index (χ4n) is 4.31. The number of amides is 1. The van der Waals surface area contributed by atoms with Crippen LogP contribution in [0.15, 0.2) is 67.0 Å². The number of anilines is 3. The molecule has 0 atom stereocenters. The van der Waals surface area contributed by atoms with E-state index < -0.39 is 8.07 Å². The van der Waals surface area contributed by atoms with Crippen LogP contribution in [0.25, 0.3) is 27.8 Å². The number of hydrogen-bond donors (Lipinski definition) is 2. The van der Waals surface area contributed by atoms with Gasteiger partial charge in [-0.15, -0.1) is 5.10 Å². The van der Waals surface area contributed by atoms with E-state index in [0.29, 0.717) is 30.6 Å². The van der Waals surface area contributed by atoms with Crippen LogP contribution in [-0.4, -0.2) is 70.5 Å². The number of fused-ring (bicyclic) bond motifs is 2. The van der Waals surface area contributed by atoms with Crippen LogP contribution >= 0.6 is 0 Å². The molecular weight excluding hydrogens is 520 g/mol. The van der Waals surface area contributed by atoms with Gasteiger partial charge in [0.1, 0.15) is 12.2 Å². The Labute approximate surface area is 235 Å². The minimum absolute atomic E-state index is 0.0804. The van der Waals surface area contributed by atoms with Crippen LogP contribution in [0.1, 0.15) is 0 Å². The predicted molar refractivity (Wildman–Crippen MR) is 163 cm³/mol. The van der Waals surface area contributed by atoms with Crippen molar-refractivity contribution in [2.24, 2.45) is 0 Å². The second kappa shape index (κ2) is 11.6. The largest absolute Gasteiger partial charge is 0.360 e. The zero-order valence-corrected chi connectivity index (χ0v) is 24.7. The van der Waals surface area contributed by atoms with E-state index in [2.05, 4.69) is 41.4 Å². The Morgan fingerprint density at radius 1 is 1.02 bits per heavy atom. The van der Waals surface area contributed by atoms with Gasteiger partial charge in [-0.05, 0) is 62.6 Å². The van der Waals surface area contributed by atoms with Crippen LogP contribution in [0.4, 0.5) is 17.2 Å². The van der Waals surface area contributed by atoms with Crippen molar-refractivity contribution in [2.45, 2.75) is 32.4 Å². The molecule has 0 saturated heterocycles. The van der Waals surface area contributed by atoms with Crippen LogP contribution in [-0.2, 0) is 16.3 Å². The molecule has 0 saturated carbocycles. The number of carbonyl (C=O) groups is 1.